The predicted molar refractivity (Wildman–Crippen MR) is 99.9 cm³/mol. The molecular formula is C19H29BO6. The van der Waals surface area contributed by atoms with Crippen LogP contribution in [0.25, 0.3) is 0 Å². The third-order valence-corrected chi connectivity index (χ3v) is 4.99. The SMILES string of the molecule is CCOc1ccc(C(CC(=O)O)B2OC(C)(C)C(C)(C)O2)cc1OCC. The lowest BCUT2D eigenvalue weighted by atomic mass is 9.66. The molecule has 0 amide bonds. The Hall–Kier alpha value is -1.73. The number of hydrogen-bond acceptors (Lipinski definition) is 5. The van der Waals surface area contributed by atoms with Gasteiger partial charge in [-0.1, -0.05) is 6.07 Å². The van der Waals surface area contributed by atoms with Crippen molar-refractivity contribution in [3.05, 3.63) is 23.8 Å². The van der Waals surface area contributed by atoms with Gasteiger partial charge in [-0.15, -0.1) is 0 Å². The van der Waals surface area contributed by atoms with Crippen molar-refractivity contribution >= 4 is 13.1 Å². The molecule has 1 aliphatic heterocycles. The Morgan fingerprint density at radius 3 is 2.12 bits per heavy atom. The van der Waals surface area contributed by atoms with Crippen LogP contribution in [0.3, 0.4) is 0 Å². The van der Waals surface area contributed by atoms with Crippen LogP contribution in [0.5, 0.6) is 11.5 Å². The maximum absolute atomic E-state index is 11.5. The van der Waals surface area contributed by atoms with E-state index in [4.69, 9.17) is 18.8 Å². The smallest absolute Gasteiger partial charge is 0.466 e. The molecule has 1 unspecified atom stereocenters. The quantitative estimate of drug-likeness (QED) is 0.710. The van der Waals surface area contributed by atoms with Crippen LogP contribution in [0.2, 0.25) is 0 Å². The Morgan fingerprint density at radius 2 is 1.62 bits per heavy atom. The molecule has 0 aromatic heterocycles. The van der Waals surface area contributed by atoms with Gasteiger partial charge in [-0.05, 0) is 59.2 Å². The van der Waals surface area contributed by atoms with Crippen molar-refractivity contribution in [3.8, 4) is 11.5 Å². The standard InChI is InChI=1S/C19H29BO6/c1-7-23-15-10-9-13(11-16(15)24-8-2)14(12-17(21)22)20-25-18(3,4)19(5,6)26-20/h9-11,14H,7-8,12H2,1-6H3,(H,21,22). The topological polar surface area (TPSA) is 74.2 Å². The minimum absolute atomic E-state index is 0.101. The van der Waals surface area contributed by atoms with Crippen LogP contribution >= 0.6 is 0 Å². The average Bonchev–Trinajstić information content (AvgIpc) is 2.75. The summed E-state index contributed by atoms with van der Waals surface area (Å²) >= 11 is 0. The molecule has 0 radical (unpaired) electrons. The highest BCUT2D eigenvalue weighted by molar-refractivity contribution is 6.48. The highest BCUT2D eigenvalue weighted by Crippen LogP contribution is 2.43. The Kier molecular flexibility index (Phi) is 6.24. The zero-order valence-corrected chi connectivity index (χ0v) is 16.5. The van der Waals surface area contributed by atoms with E-state index in [2.05, 4.69) is 0 Å². The Morgan fingerprint density at radius 1 is 1.08 bits per heavy atom. The van der Waals surface area contributed by atoms with Crippen molar-refractivity contribution in [1.29, 1.82) is 0 Å². The van der Waals surface area contributed by atoms with Crippen LogP contribution < -0.4 is 9.47 Å². The average molecular weight is 364 g/mol. The number of hydrogen-bond donors (Lipinski definition) is 1. The molecular weight excluding hydrogens is 335 g/mol. The lowest BCUT2D eigenvalue weighted by Gasteiger charge is -2.32. The van der Waals surface area contributed by atoms with Gasteiger partial charge in [-0.25, -0.2) is 0 Å². The Labute approximate surface area is 155 Å². The van der Waals surface area contributed by atoms with Gasteiger partial charge in [0.1, 0.15) is 0 Å². The second kappa shape index (κ2) is 7.88. The van der Waals surface area contributed by atoms with E-state index in [-0.39, 0.29) is 6.42 Å². The molecule has 1 saturated heterocycles. The summed E-state index contributed by atoms with van der Waals surface area (Å²) in [5, 5.41) is 9.41. The molecule has 1 aromatic rings. The minimum atomic E-state index is -0.906. The molecule has 1 N–H and O–H groups in total. The van der Waals surface area contributed by atoms with E-state index < -0.39 is 30.1 Å². The first-order chi connectivity index (χ1) is 12.1. The fourth-order valence-electron chi connectivity index (χ4n) is 2.91. The van der Waals surface area contributed by atoms with Crippen molar-refractivity contribution in [2.24, 2.45) is 0 Å². The van der Waals surface area contributed by atoms with Crippen LogP contribution in [-0.2, 0) is 14.1 Å². The van der Waals surface area contributed by atoms with Crippen LogP contribution in [0, 0.1) is 0 Å². The van der Waals surface area contributed by atoms with E-state index in [1.54, 1.807) is 0 Å². The Bertz CT molecular complexity index is 627. The minimum Gasteiger partial charge on any atom is -0.490 e. The molecule has 0 bridgehead atoms. The van der Waals surface area contributed by atoms with Gasteiger partial charge >= 0.3 is 13.1 Å². The van der Waals surface area contributed by atoms with Crippen LogP contribution in [0.1, 0.15) is 59.3 Å². The van der Waals surface area contributed by atoms with E-state index in [0.29, 0.717) is 24.7 Å². The molecule has 7 heteroatoms. The summed E-state index contributed by atoms with van der Waals surface area (Å²) in [6.07, 6.45) is -0.101. The van der Waals surface area contributed by atoms with E-state index >= 15 is 0 Å². The molecule has 6 nitrogen and oxygen atoms in total. The van der Waals surface area contributed by atoms with Crippen LogP contribution in [0.15, 0.2) is 18.2 Å². The zero-order chi connectivity index (χ0) is 19.5. The van der Waals surface area contributed by atoms with Gasteiger partial charge in [0, 0.05) is 5.82 Å². The molecule has 0 saturated carbocycles. The van der Waals surface area contributed by atoms with E-state index in [0.717, 1.165) is 5.56 Å². The van der Waals surface area contributed by atoms with Crippen LogP contribution in [0.4, 0.5) is 0 Å². The van der Waals surface area contributed by atoms with E-state index in [9.17, 15) is 9.90 Å². The molecule has 0 spiro atoms. The molecule has 1 aliphatic rings. The fourth-order valence-corrected chi connectivity index (χ4v) is 2.91. The largest absolute Gasteiger partial charge is 0.490 e. The predicted octanol–water partition coefficient (Wildman–Crippen LogP) is 3.67. The van der Waals surface area contributed by atoms with Crippen LogP contribution in [-0.4, -0.2) is 42.6 Å². The fraction of sp³-hybridized carbons (Fsp3) is 0.632. The number of aliphatic carboxylic acids is 1. The molecule has 2 rings (SSSR count). The van der Waals surface area contributed by atoms with Crippen molar-refractivity contribution < 1.29 is 28.7 Å². The van der Waals surface area contributed by atoms with Gasteiger partial charge in [0.05, 0.1) is 30.8 Å². The van der Waals surface area contributed by atoms with Crippen molar-refractivity contribution in [1.82, 2.24) is 0 Å². The highest BCUT2D eigenvalue weighted by atomic mass is 16.7. The summed E-state index contributed by atoms with van der Waals surface area (Å²) in [4.78, 5) is 11.5. The van der Waals surface area contributed by atoms with Gasteiger partial charge < -0.3 is 23.9 Å². The summed E-state index contributed by atoms with van der Waals surface area (Å²) in [7, 11) is -0.650. The maximum Gasteiger partial charge on any atom is 0.466 e. The third kappa shape index (κ3) is 4.33. The maximum atomic E-state index is 11.5. The van der Waals surface area contributed by atoms with Crippen molar-refractivity contribution in [2.75, 3.05) is 13.2 Å². The summed E-state index contributed by atoms with van der Waals surface area (Å²) < 4.78 is 23.5. The summed E-state index contributed by atoms with van der Waals surface area (Å²) in [5.41, 5.74) is -0.261. The normalized spacial score (nSPS) is 19.2. The molecule has 26 heavy (non-hydrogen) atoms. The monoisotopic (exact) mass is 364 g/mol. The third-order valence-electron chi connectivity index (χ3n) is 4.99. The van der Waals surface area contributed by atoms with Gasteiger partial charge in [0.2, 0.25) is 0 Å². The number of carbonyl (C=O) groups is 1. The number of carboxylic acid groups (broad SMARTS) is 1. The number of ether oxygens (including phenoxy) is 2. The van der Waals surface area contributed by atoms with E-state index in [1.807, 2.05) is 59.7 Å². The molecule has 1 heterocycles. The first-order valence-corrected chi connectivity index (χ1v) is 9.08. The highest BCUT2D eigenvalue weighted by Gasteiger charge is 2.54. The summed E-state index contributed by atoms with van der Waals surface area (Å²) in [6, 6.07) is 5.49. The molecule has 144 valence electrons. The Balaban J connectivity index is 2.38. The van der Waals surface area contributed by atoms with Crippen molar-refractivity contribution in [2.45, 2.75) is 65.0 Å². The van der Waals surface area contributed by atoms with Gasteiger partial charge in [-0.2, -0.15) is 0 Å². The van der Waals surface area contributed by atoms with Gasteiger partial charge in [0.15, 0.2) is 11.5 Å². The van der Waals surface area contributed by atoms with Gasteiger partial charge in [0.25, 0.3) is 0 Å². The lowest BCUT2D eigenvalue weighted by molar-refractivity contribution is -0.137. The lowest BCUT2D eigenvalue weighted by Crippen LogP contribution is -2.41. The van der Waals surface area contributed by atoms with E-state index in [1.165, 1.54) is 0 Å². The second-order valence-electron chi connectivity index (χ2n) is 7.40. The van der Waals surface area contributed by atoms with Crippen molar-refractivity contribution in [3.63, 3.8) is 0 Å². The molecule has 1 fully saturated rings. The van der Waals surface area contributed by atoms with Gasteiger partial charge in [-0.3, -0.25) is 4.79 Å². The number of carboxylic acids is 1. The number of benzene rings is 1. The molecule has 0 aliphatic carbocycles. The molecule has 1 atom stereocenters. The number of rotatable bonds is 8. The summed E-state index contributed by atoms with van der Waals surface area (Å²) in [6.45, 7) is 12.6. The molecule has 1 aromatic carbocycles. The zero-order valence-electron chi connectivity index (χ0n) is 16.5. The summed E-state index contributed by atoms with van der Waals surface area (Å²) in [5.74, 6) is -0.125. The second-order valence-corrected chi connectivity index (χ2v) is 7.40. The first-order valence-electron chi connectivity index (χ1n) is 9.08. The first kappa shape index (κ1) is 20.6.